The van der Waals surface area contributed by atoms with Gasteiger partial charge in [0.05, 0.1) is 6.54 Å². The van der Waals surface area contributed by atoms with E-state index in [0.717, 1.165) is 5.56 Å². The molecule has 0 aliphatic rings. The van der Waals surface area contributed by atoms with Crippen molar-refractivity contribution >= 4 is 24.5 Å². The van der Waals surface area contributed by atoms with Gasteiger partial charge in [0.1, 0.15) is 12.3 Å². The monoisotopic (exact) mass is 326 g/mol. The summed E-state index contributed by atoms with van der Waals surface area (Å²) < 4.78 is 4.99. The van der Waals surface area contributed by atoms with Crippen molar-refractivity contribution < 1.29 is 14.3 Å². The van der Waals surface area contributed by atoms with Gasteiger partial charge in [-0.3, -0.25) is 4.79 Å². The van der Waals surface area contributed by atoms with Crippen LogP contribution in [0.15, 0.2) is 53.6 Å². The summed E-state index contributed by atoms with van der Waals surface area (Å²) in [7, 11) is 0. The van der Waals surface area contributed by atoms with Crippen LogP contribution in [0.2, 0.25) is 0 Å². The van der Waals surface area contributed by atoms with Crippen LogP contribution in [-0.4, -0.2) is 23.4 Å². The molecule has 0 aliphatic carbocycles. The molecule has 23 heavy (non-hydrogen) atoms. The largest absolute Gasteiger partial charge is 0.451 e. The molecule has 1 N–H and O–H groups in total. The van der Waals surface area contributed by atoms with E-state index in [1.807, 2.05) is 30.3 Å². The zero-order chi connectivity index (χ0) is 16.5. The van der Waals surface area contributed by atoms with E-state index >= 15 is 0 Å². The van der Waals surface area contributed by atoms with E-state index in [1.165, 1.54) is 6.20 Å². The Morgan fingerprint density at radius 3 is 2.65 bits per heavy atom. The van der Waals surface area contributed by atoms with Crippen LogP contribution >= 0.6 is 12.6 Å². The fourth-order valence-corrected chi connectivity index (χ4v) is 1.74. The number of rotatable bonds is 4. The van der Waals surface area contributed by atoms with E-state index in [9.17, 15) is 9.59 Å². The molecule has 1 amide bonds. The van der Waals surface area contributed by atoms with Crippen LogP contribution in [0.5, 0.6) is 0 Å². The number of aromatic nitrogens is 1. The molecule has 0 bridgehead atoms. The lowest BCUT2D eigenvalue weighted by Crippen LogP contribution is -2.24. The number of benzene rings is 1. The molecule has 0 fully saturated rings. The predicted octanol–water partition coefficient (Wildman–Crippen LogP) is 1.85. The van der Waals surface area contributed by atoms with Crippen LogP contribution < -0.4 is 5.32 Å². The second-order valence-corrected chi connectivity index (χ2v) is 4.96. The van der Waals surface area contributed by atoms with Crippen LogP contribution in [-0.2, 0) is 16.1 Å². The number of amides is 1. The minimum atomic E-state index is -0.638. The molecule has 0 radical (unpaired) electrons. The van der Waals surface area contributed by atoms with Crippen molar-refractivity contribution in [2.24, 2.45) is 0 Å². The van der Waals surface area contributed by atoms with E-state index in [4.69, 9.17) is 4.74 Å². The first-order chi connectivity index (χ1) is 11.1. The third-order valence-corrected chi connectivity index (χ3v) is 2.99. The lowest BCUT2D eigenvalue weighted by molar-refractivity contribution is -0.137. The third kappa shape index (κ3) is 5.85. The van der Waals surface area contributed by atoms with Crippen LogP contribution in [0.1, 0.15) is 16.1 Å². The van der Waals surface area contributed by atoms with Gasteiger partial charge >= 0.3 is 5.97 Å². The Balaban J connectivity index is 1.73. The van der Waals surface area contributed by atoms with Gasteiger partial charge in [-0.25, -0.2) is 9.78 Å². The lowest BCUT2D eigenvalue weighted by Gasteiger charge is -2.01. The minimum absolute atomic E-state index is 0.0313. The van der Waals surface area contributed by atoms with Crippen molar-refractivity contribution in [2.45, 2.75) is 11.5 Å². The first-order valence-corrected chi connectivity index (χ1v) is 7.22. The lowest BCUT2D eigenvalue weighted by atomic mass is 10.2. The fraction of sp³-hybridized carbons (Fsp3) is 0.118. The molecule has 5 nitrogen and oxygen atoms in total. The highest BCUT2D eigenvalue weighted by Crippen LogP contribution is 2.03. The number of ether oxygens (including phenoxy) is 1. The van der Waals surface area contributed by atoms with Crippen LogP contribution in [0.3, 0.4) is 0 Å². The number of pyridine rings is 1. The maximum atomic E-state index is 11.7. The molecule has 116 valence electrons. The van der Waals surface area contributed by atoms with E-state index < -0.39 is 5.97 Å². The average Bonchev–Trinajstić information content (AvgIpc) is 2.58. The van der Waals surface area contributed by atoms with Crippen molar-refractivity contribution in [2.75, 3.05) is 6.54 Å². The molecule has 1 aromatic heterocycles. The molecule has 0 saturated heterocycles. The van der Waals surface area contributed by atoms with Gasteiger partial charge in [-0.2, -0.15) is 0 Å². The van der Waals surface area contributed by atoms with Crippen molar-refractivity contribution in [1.29, 1.82) is 0 Å². The van der Waals surface area contributed by atoms with Gasteiger partial charge in [0.15, 0.2) is 0 Å². The number of carbonyl (C=O) groups excluding carboxylic acids is 2. The van der Waals surface area contributed by atoms with E-state index in [-0.39, 0.29) is 24.8 Å². The third-order valence-electron chi connectivity index (χ3n) is 2.72. The van der Waals surface area contributed by atoms with Gasteiger partial charge < -0.3 is 10.1 Å². The number of nitrogens with one attached hydrogen (secondary N) is 1. The molecule has 6 heteroatoms. The molecular weight excluding hydrogens is 312 g/mol. The molecule has 0 unspecified atom stereocenters. The van der Waals surface area contributed by atoms with E-state index in [1.54, 1.807) is 12.1 Å². The number of carbonyl (C=O) groups is 2. The van der Waals surface area contributed by atoms with Gasteiger partial charge in [-0.15, -0.1) is 12.6 Å². The maximum Gasteiger partial charge on any atom is 0.384 e. The van der Waals surface area contributed by atoms with E-state index in [0.29, 0.717) is 4.90 Å². The Morgan fingerprint density at radius 1 is 1.17 bits per heavy atom. The summed E-state index contributed by atoms with van der Waals surface area (Å²) >= 11 is 4.09. The molecule has 0 saturated carbocycles. The summed E-state index contributed by atoms with van der Waals surface area (Å²) in [5.74, 6) is 3.84. The minimum Gasteiger partial charge on any atom is -0.451 e. The quantitative estimate of drug-likeness (QED) is 0.389. The number of nitrogens with zero attached hydrogens (tertiary/aromatic N) is 1. The molecule has 0 atom stereocenters. The number of esters is 1. The Hall–Kier alpha value is -2.78. The molecule has 0 spiro atoms. The molecule has 1 heterocycles. The summed E-state index contributed by atoms with van der Waals surface area (Å²) in [5, 5.41) is 2.54. The van der Waals surface area contributed by atoms with Gasteiger partial charge in [0.2, 0.25) is 0 Å². The Kier molecular flexibility index (Phi) is 6.21. The van der Waals surface area contributed by atoms with Gasteiger partial charge in [0.25, 0.3) is 5.91 Å². The van der Waals surface area contributed by atoms with Crippen molar-refractivity contribution in [3.63, 3.8) is 0 Å². The topological polar surface area (TPSA) is 68.3 Å². The van der Waals surface area contributed by atoms with Gasteiger partial charge in [0, 0.05) is 17.0 Å². The second kappa shape index (κ2) is 8.61. The van der Waals surface area contributed by atoms with Crippen molar-refractivity contribution in [3.8, 4) is 11.8 Å². The highest BCUT2D eigenvalue weighted by atomic mass is 32.1. The summed E-state index contributed by atoms with van der Waals surface area (Å²) in [5.41, 5.74) is 1.14. The first kappa shape index (κ1) is 16.6. The second-order valence-electron chi connectivity index (χ2n) is 4.45. The van der Waals surface area contributed by atoms with Crippen molar-refractivity contribution in [1.82, 2.24) is 10.3 Å². The Morgan fingerprint density at radius 2 is 1.96 bits per heavy atom. The Bertz CT molecular complexity index is 734. The molecule has 2 rings (SSSR count). The molecule has 0 aliphatic heterocycles. The average molecular weight is 326 g/mol. The van der Waals surface area contributed by atoms with Crippen LogP contribution in [0, 0.1) is 11.8 Å². The molecule has 1 aromatic carbocycles. The summed E-state index contributed by atoms with van der Waals surface area (Å²) in [6, 6.07) is 12.5. The fourth-order valence-electron chi connectivity index (χ4n) is 1.61. The summed E-state index contributed by atoms with van der Waals surface area (Å²) in [6.07, 6.45) is 1.48. The maximum absolute atomic E-state index is 11.7. The number of hydrogen-bond acceptors (Lipinski definition) is 5. The Labute approximate surface area is 139 Å². The zero-order valence-electron chi connectivity index (χ0n) is 12.2. The normalized spacial score (nSPS) is 9.43. The van der Waals surface area contributed by atoms with E-state index in [2.05, 4.69) is 34.8 Å². The van der Waals surface area contributed by atoms with Crippen LogP contribution in [0.25, 0.3) is 0 Å². The highest BCUT2D eigenvalue weighted by molar-refractivity contribution is 7.80. The summed E-state index contributed by atoms with van der Waals surface area (Å²) in [6.45, 7) is 0.199. The first-order valence-electron chi connectivity index (χ1n) is 6.78. The highest BCUT2D eigenvalue weighted by Gasteiger charge is 2.04. The molecule has 2 aromatic rings. The summed E-state index contributed by atoms with van der Waals surface area (Å²) in [4.78, 5) is 27.8. The van der Waals surface area contributed by atoms with Crippen LogP contribution in [0.4, 0.5) is 0 Å². The SMILES string of the molecule is O=C(C#CCNC(=O)c1ccc(S)cn1)OCc1ccccc1. The smallest absolute Gasteiger partial charge is 0.384 e. The number of thiol groups is 1. The molecular formula is C17H14N2O3S. The van der Waals surface area contributed by atoms with Gasteiger partial charge in [-0.05, 0) is 17.7 Å². The standard InChI is InChI=1S/C17H14N2O3S/c20-16(22-12-13-5-2-1-3-6-13)7-4-10-18-17(21)15-9-8-14(23)11-19-15/h1-3,5-6,8-9,11,23H,10,12H2,(H,18,21). The van der Waals surface area contributed by atoms with Gasteiger partial charge in [-0.1, -0.05) is 36.3 Å². The zero-order valence-corrected chi connectivity index (χ0v) is 13.0. The van der Waals surface area contributed by atoms with Crippen molar-refractivity contribution in [3.05, 3.63) is 59.9 Å². The number of hydrogen-bond donors (Lipinski definition) is 2. The predicted molar refractivity (Wildman–Crippen MR) is 87.8 cm³/mol.